The summed E-state index contributed by atoms with van der Waals surface area (Å²) in [6.07, 6.45) is 0. The fourth-order valence-electron chi connectivity index (χ4n) is 4.31. The smallest absolute Gasteiger partial charge is 0.321 e. The third kappa shape index (κ3) is 6.89. The maximum Gasteiger partial charge on any atom is 0.324 e. The summed E-state index contributed by atoms with van der Waals surface area (Å²) in [7, 11) is 0. The Hall–Kier alpha value is -3.84. The molecule has 3 amide bonds. The van der Waals surface area contributed by atoms with E-state index in [1.54, 1.807) is 4.90 Å². The molecule has 3 aromatic carbocycles. The van der Waals surface area contributed by atoms with Crippen LogP contribution < -0.4 is 10.6 Å². The molecule has 1 aliphatic rings. The number of nitrogens with one attached hydrogen (secondary N) is 2. The van der Waals surface area contributed by atoms with Gasteiger partial charge in [-0.25, -0.2) is 4.79 Å². The third-order valence-electron chi connectivity index (χ3n) is 6.10. The number of amidine groups is 1. The molecule has 0 aromatic heterocycles. The topological polar surface area (TPSA) is 73.8 Å². The number of amides is 3. The van der Waals surface area contributed by atoms with Crippen molar-refractivity contribution in [2.45, 2.75) is 40.8 Å². The molecule has 0 bridgehead atoms. The third-order valence-corrected chi connectivity index (χ3v) is 7.26. The fraction of sp³-hybridized carbons (Fsp3) is 0.233. The first kappa shape index (κ1) is 26.2. The van der Waals surface area contributed by atoms with Gasteiger partial charge in [0, 0.05) is 18.8 Å². The number of rotatable bonds is 6. The summed E-state index contributed by atoms with van der Waals surface area (Å²) >= 11 is 1.20. The standard InChI is InChI=1S/C30H32N4O2S/c1-20-15-21(2)26(22(3)16-20)32-28(35)27-23(4)17-31-29(37-27)33-30(36)34(18-24-11-7-5-8-12-24)19-25-13-9-6-10-14-25/h5-16H,17-19H2,1-4H3,(H,32,35)(H,31,33,36). The van der Waals surface area contributed by atoms with Crippen molar-refractivity contribution >= 4 is 34.6 Å². The summed E-state index contributed by atoms with van der Waals surface area (Å²) in [4.78, 5) is 33.5. The highest BCUT2D eigenvalue weighted by Crippen LogP contribution is 2.29. The first-order chi connectivity index (χ1) is 17.8. The van der Waals surface area contributed by atoms with Crippen LogP contribution in [0.4, 0.5) is 10.5 Å². The van der Waals surface area contributed by atoms with E-state index >= 15 is 0 Å². The fourth-order valence-corrected chi connectivity index (χ4v) is 5.15. The van der Waals surface area contributed by atoms with Crippen LogP contribution in [0.15, 0.2) is 88.3 Å². The van der Waals surface area contributed by atoms with Gasteiger partial charge in [-0.1, -0.05) is 78.4 Å². The van der Waals surface area contributed by atoms with E-state index in [0.717, 1.165) is 39.1 Å². The number of hydrogen-bond acceptors (Lipinski definition) is 4. The second-order valence-corrected chi connectivity index (χ2v) is 10.3. The number of aryl methyl sites for hydroxylation is 3. The van der Waals surface area contributed by atoms with Gasteiger partial charge >= 0.3 is 6.03 Å². The monoisotopic (exact) mass is 512 g/mol. The largest absolute Gasteiger partial charge is 0.324 e. The molecule has 3 aromatic rings. The lowest BCUT2D eigenvalue weighted by Gasteiger charge is -2.25. The van der Waals surface area contributed by atoms with Crippen LogP contribution in [0.5, 0.6) is 0 Å². The van der Waals surface area contributed by atoms with Gasteiger partial charge in [-0.3, -0.25) is 15.1 Å². The van der Waals surface area contributed by atoms with E-state index in [4.69, 9.17) is 0 Å². The number of thioether (sulfide) groups is 1. The molecule has 37 heavy (non-hydrogen) atoms. The molecule has 0 atom stereocenters. The molecule has 190 valence electrons. The maximum atomic E-state index is 13.4. The molecule has 2 N–H and O–H groups in total. The highest BCUT2D eigenvalue weighted by Gasteiger charge is 2.24. The van der Waals surface area contributed by atoms with Crippen LogP contribution in [0.3, 0.4) is 0 Å². The van der Waals surface area contributed by atoms with E-state index < -0.39 is 0 Å². The van der Waals surface area contributed by atoms with Crippen molar-refractivity contribution in [1.29, 1.82) is 0 Å². The predicted molar refractivity (Wildman–Crippen MR) is 153 cm³/mol. The molecule has 7 heteroatoms. The Morgan fingerprint density at radius 1 is 0.838 bits per heavy atom. The Balaban J connectivity index is 1.46. The summed E-state index contributed by atoms with van der Waals surface area (Å²) < 4.78 is 0. The Morgan fingerprint density at radius 3 is 1.92 bits per heavy atom. The van der Waals surface area contributed by atoms with Crippen LogP contribution in [-0.2, 0) is 17.9 Å². The SMILES string of the molecule is CC1=C(C(=O)Nc2c(C)cc(C)cc2C)SC(NC(=O)N(Cc2ccccc2)Cc2ccccc2)=NC1. The van der Waals surface area contributed by atoms with Crippen molar-refractivity contribution in [1.82, 2.24) is 10.2 Å². The first-order valence-electron chi connectivity index (χ1n) is 12.2. The first-order valence-corrected chi connectivity index (χ1v) is 13.1. The second kappa shape index (κ2) is 11.9. The normalized spacial score (nSPS) is 13.1. The van der Waals surface area contributed by atoms with Crippen molar-refractivity contribution in [2.75, 3.05) is 11.9 Å². The summed E-state index contributed by atoms with van der Waals surface area (Å²) in [5.74, 6) is -0.190. The average molecular weight is 513 g/mol. The van der Waals surface area contributed by atoms with E-state index in [1.165, 1.54) is 11.8 Å². The van der Waals surface area contributed by atoms with Crippen LogP contribution in [0, 0.1) is 20.8 Å². The summed E-state index contributed by atoms with van der Waals surface area (Å²) in [6.45, 7) is 9.18. The van der Waals surface area contributed by atoms with Gasteiger partial charge in [0.05, 0.1) is 11.4 Å². The number of aliphatic imine (C=N–C) groups is 1. The number of carbonyl (C=O) groups excluding carboxylic acids is 2. The number of urea groups is 1. The van der Waals surface area contributed by atoms with Crippen molar-refractivity contribution in [3.05, 3.63) is 111 Å². The molecular weight excluding hydrogens is 480 g/mol. The van der Waals surface area contributed by atoms with Crippen LogP contribution in [0.2, 0.25) is 0 Å². The second-order valence-electron chi connectivity index (χ2n) is 9.32. The number of nitrogens with zero attached hydrogens (tertiary/aromatic N) is 2. The molecule has 0 unspecified atom stereocenters. The lowest BCUT2D eigenvalue weighted by atomic mass is 10.1. The van der Waals surface area contributed by atoms with Gasteiger partial charge in [-0.05, 0) is 67.3 Å². The summed E-state index contributed by atoms with van der Waals surface area (Å²) in [5, 5.41) is 6.44. The molecule has 4 rings (SSSR count). The van der Waals surface area contributed by atoms with Crippen molar-refractivity contribution < 1.29 is 9.59 Å². The molecule has 0 aliphatic carbocycles. The van der Waals surface area contributed by atoms with Gasteiger partial charge in [0.25, 0.3) is 5.91 Å². The Kier molecular flexibility index (Phi) is 8.46. The quantitative estimate of drug-likeness (QED) is 0.405. The number of carbonyl (C=O) groups is 2. The number of benzene rings is 3. The lowest BCUT2D eigenvalue weighted by Crippen LogP contribution is -2.42. The van der Waals surface area contributed by atoms with E-state index in [2.05, 4.69) is 27.8 Å². The van der Waals surface area contributed by atoms with Crippen LogP contribution in [0.1, 0.15) is 34.7 Å². The Bertz CT molecular complexity index is 1290. The van der Waals surface area contributed by atoms with Gasteiger partial charge in [0.2, 0.25) is 0 Å². The van der Waals surface area contributed by atoms with E-state index in [9.17, 15) is 9.59 Å². The van der Waals surface area contributed by atoms with Gasteiger partial charge in [0.15, 0.2) is 5.17 Å². The van der Waals surface area contributed by atoms with Gasteiger partial charge in [0.1, 0.15) is 0 Å². The van der Waals surface area contributed by atoms with Crippen molar-refractivity contribution in [3.63, 3.8) is 0 Å². The zero-order chi connectivity index (χ0) is 26.4. The van der Waals surface area contributed by atoms with Gasteiger partial charge in [-0.15, -0.1) is 0 Å². The zero-order valence-corrected chi connectivity index (χ0v) is 22.5. The van der Waals surface area contributed by atoms with Crippen molar-refractivity contribution in [2.24, 2.45) is 4.99 Å². The maximum absolute atomic E-state index is 13.4. The molecule has 0 fully saturated rings. The highest BCUT2D eigenvalue weighted by atomic mass is 32.2. The molecule has 0 radical (unpaired) electrons. The predicted octanol–water partition coefficient (Wildman–Crippen LogP) is 6.34. The van der Waals surface area contributed by atoms with E-state index in [-0.39, 0.29) is 11.9 Å². The van der Waals surface area contributed by atoms with E-state index in [0.29, 0.717) is 29.7 Å². The molecule has 1 aliphatic heterocycles. The number of anilines is 1. The Labute approximate surface area is 222 Å². The molecule has 6 nitrogen and oxygen atoms in total. The van der Waals surface area contributed by atoms with Gasteiger partial charge in [-0.2, -0.15) is 0 Å². The van der Waals surface area contributed by atoms with Crippen molar-refractivity contribution in [3.8, 4) is 0 Å². The molecular formula is C30H32N4O2S. The Morgan fingerprint density at radius 2 is 1.38 bits per heavy atom. The highest BCUT2D eigenvalue weighted by molar-refractivity contribution is 8.18. The lowest BCUT2D eigenvalue weighted by molar-refractivity contribution is -0.112. The minimum atomic E-state index is -0.261. The minimum Gasteiger partial charge on any atom is -0.321 e. The van der Waals surface area contributed by atoms with Crippen LogP contribution in [-0.4, -0.2) is 28.6 Å². The molecule has 0 saturated heterocycles. The molecule has 0 spiro atoms. The zero-order valence-electron chi connectivity index (χ0n) is 21.7. The average Bonchev–Trinajstić information content (AvgIpc) is 2.88. The molecule has 1 heterocycles. The van der Waals surface area contributed by atoms with Crippen LogP contribution in [0.25, 0.3) is 0 Å². The van der Waals surface area contributed by atoms with E-state index in [1.807, 2.05) is 88.4 Å². The number of hydrogen-bond donors (Lipinski definition) is 2. The van der Waals surface area contributed by atoms with Crippen LogP contribution >= 0.6 is 11.8 Å². The molecule has 0 saturated carbocycles. The summed E-state index contributed by atoms with van der Waals surface area (Å²) in [5.41, 5.74) is 6.95. The van der Waals surface area contributed by atoms with Gasteiger partial charge < -0.3 is 10.2 Å². The minimum absolute atomic E-state index is 0.190. The summed E-state index contributed by atoms with van der Waals surface area (Å²) in [6, 6.07) is 23.6.